The van der Waals surface area contributed by atoms with E-state index >= 15 is 0 Å². The van der Waals surface area contributed by atoms with Gasteiger partial charge in [-0.3, -0.25) is 0 Å². The summed E-state index contributed by atoms with van der Waals surface area (Å²) in [6.07, 6.45) is 0. The average molecular weight is 789 g/mol. The van der Waals surface area contributed by atoms with E-state index in [1.54, 1.807) is 0 Å². The van der Waals surface area contributed by atoms with Gasteiger partial charge in [-0.25, -0.2) is 0 Å². The van der Waals surface area contributed by atoms with Gasteiger partial charge in [-0.15, -0.1) is 0 Å². The SMILES string of the molecule is N#Cc1cc(-c2cccc(C3c4ccc(C#N)cc4-c4c3ccc3c4oc4ccccc43)c2)cc(-n2c3ccccc3c3c2ccc2c4ccccc4n(-c4ccccc4)c23)c1. The van der Waals surface area contributed by atoms with Gasteiger partial charge in [-0.05, 0) is 100 Å². The summed E-state index contributed by atoms with van der Waals surface area (Å²) in [6.45, 7) is 0. The van der Waals surface area contributed by atoms with Gasteiger partial charge in [0.05, 0.1) is 45.3 Å². The maximum atomic E-state index is 10.6. The number of fused-ring (bicyclic) bond motifs is 14. The number of hydrogen-bond acceptors (Lipinski definition) is 3. The molecule has 0 radical (unpaired) electrons. The topological polar surface area (TPSA) is 70.6 Å². The van der Waals surface area contributed by atoms with Crippen molar-refractivity contribution < 1.29 is 4.42 Å². The first-order valence-corrected chi connectivity index (χ1v) is 20.8. The maximum Gasteiger partial charge on any atom is 0.143 e. The fraction of sp³-hybridized carbons (Fsp3) is 0.0175. The normalized spacial score (nSPS) is 13.3. The highest BCUT2D eigenvalue weighted by molar-refractivity contribution is 6.26. The molecule has 0 fully saturated rings. The molecule has 13 rings (SSSR count). The van der Waals surface area contributed by atoms with E-state index < -0.39 is 0 Å². The van der Waals surface area contributed by atoms with Crippen molar-refractivity contribution in [2.75, 3.05) is 0 Å². The van der Waals surface area contributed by atoms with Crippen molar-refractivity contribution in [2.45, 2.75) is 5.92 Å². The second-order valence-corrected chi connectivity index (χ2v) is 16.3. The van der Waals surface area contributed by atoms with Crippen molar-refractivity contribution in [1.82, 2.24) is 9.13 Å². The van der Waals surface area contributed by atoms with Gasteiger partial charge in [0, 0.05) is 55.2 Å². The number of aromatic nitrogens is 2. The summed E-state index contributed by atoms with van der Waals surface area (Å²) in [5.41, 5.74) is 16.8. The van der Waals surface area contributed by atoms with Gasteiger partial charge < -0.3 is 13.6 Å². The van der Waals surface area contributed by atoms with Gasteiger partial charge >= 0.3 is 0 Å². The summed E-state index contributed by atoms with van der Waals surface area (Å²) < 4.78 is 11.3. The number of para-hydroxylation sites is 4. The molecule has 5 nitrogen and oxygen atoms in total. The number of hydrogen-bond donors (Lipinski definition) is 0. The maximum absolute atomic E-state index is 10.6. The fourth-order valence-electron chi connectivity index (χ4n) is 10.4. The molecule has 0 amide bonds. The molecule has 0 aliphatic heterocycles. The molecule has 9 aromatic carbocycles. The van der Waals surface area contributed by atoms with Crippen molar-refractivity contribution in [2.24, 2.45) is 0 Å². The molecule has 3 aromatic heterocycles. The number of nitriles is 2. The third-order valence-corrected chi connectivity index (χ3v) is 13.0. The Kier molecular flexibility index (Phi) is 7.14. The molecule has 1 atom stereocenters. The Hall–Kier alpha value is -8.64. The van der Waals surface area contributed by atoms with Crippen LogP contribution in [0.2, 0.25) is 0 Å². The first kappa shape index (κ1) is 34.2. The lowest BCUT2D eigenvalue weighted by Gasteiger charge is -2.17. The Balaban J connectivity index is 1.01. The van der Waals surface area contributed by atoms with E-state index in [9.17, 15) is 10.5 Å². The molecular formula is C57H32N4O. The Morgan fingerprint density at radius 2 is 1.18 bits per heavy atom. The Labute approximate surface area is 355 Å². The molecular weight excluding hydrogens is 757 g/mol. The molecule has 286 valence electrons. The molecule has 0 saturated carbocycles. The average Bonchev–Trinajstić information content (AvgIpc) is 4.07. The third kappa shape index (κ3) is 4.76. The van der Waals surface area contributed by atoms with Crippen LogP contribution in [0, 0.1) is 22.7 Å². The van der Waals surface area contributed by atoms with Crippen LogP contribution in [0.5, 0.6) is 0 Å². The lowest BCUT2D eigenvalue weighted by atomic mass is 9.87. The van der Waals surface area contributed by atoms with Crippen LogP contribution in [0.25, 0.3) is 99.2 Å². The second kappa shape index (κ2) is 12.9. The monoisotopic (exact) mass is 788 g/mol. The summed E-state index contributed by atoms with van der Waals surface area (Å²) in [6, 6.07) is 70.7. The largest absolute Gasteiger partial charge is 0.455 e. The lowest BCUT2D eigenvalue weighted by molar-refractivity contribution is 0.670. The third-order valence-electron chi connectivity index (χ3n) is 13.0. The zero-order chi connectivity index (χ0) is 41.1. The van der Waals surface area contributed by atoms with Crippen molar-refractivity contribution in [3.05, 3.63) is 216 Å². The highest BCUT2D eigenvalue weighted by Gasteiger charge is 2.33. The predicted octanol–water partition coefficient (Wildman–Crippen LogP) is 14.4. The van der Waals surface area contributed by atoms with Crippen molar-refractivity contribution in [3.8, 4) is 45.8 Å². The zero-order valence-corrected chi connectivity index (χ0v) is 33.2. The van der Waals surface area contributed by atoms with Crippen LogP contribution in [0.3, 0.4) is 0 Å². The lowest BCUT2D eigenvalue weighted by Crippen LogP contribution is -2.00. The minimum absolute atomic E-state index is 0.0833. The molecule has 0 N–H and O–H groups in total. The fourth-order valence-corrected chi connectivity index (χ4v) is 10.4. The van der Waals surface area contributed by atoms with Crippen LogP contribution < -0.4 is 0 Å². The van der Waals surface area contributed by atoms with Gasteiger partial charge in [-0.2, -0.15) is 10.5 Å². The molecule has 0 saturated heterocycles. The van der Waals surface area contributed by atoms with E-state index in [1.165, 1.54) is 16.2 Å². The number of nitrogens with zero attached hydrogens (tertiary/aromatic N) is 4. The van der Waals surface area contributed by atoms with Gasteiger partial charge in [0.25, 0.3) is 0 Å². The van der Waals surface area contributed by atoms with E-state index in [0.29, 0.717) is 11.1 Å². The summed E-state index contributed by atoms with van der Waals surface area (Å²) in [5, 5.41) is 27.4. The molecule has 1 aliphatic rings. The van der Waals surface area contributed by atoms with E-state index in [-0.39, 0.29) is 5.92 Å². The second-order valence-electron chi connectivity index (χ2n) is 16.3. The Morgan fingerprint density at radius 3 is 2.02 bits per heavy atom. The highest BCUT2D eigenvalue weighted by atomic mass is 16.3. The molecule has 12 aromatic rings. The minimum Gasteiger partial charge on any atom is -0.455 e. The van der Waals surface area contributed by atoms with Crippen LogP contribution in [0.15, 0.2) is 192 Å². The first-order chi connectivity index (χ1) is 30.7. The van der Waals surface area contributed by atoms with Crippen molar-refractivity contribution in [1.29, 1.82) is 10.5 Å². The number of furan rings is 1. The van der Waals surface area contributed by atoms with Crippen LogP contribution in [0.4, 0.5) is 0 Å². The molecule has 62 heavy (non-hydrogen) atoms. The zero-order valence-electron chi connectivity index (χ0n) is 33.2. The summed E-state index contributed by atoms with van der Waals surface area (Å²) in [5.74, 6) is -0.0833. The van der Waals surface area contributed by atoms with Crippen LogP contribution in [-0.2, 0) is 0 Å². The molecule has 1 unspecified atom stereocenters. The summed E-state index contributed by atoms with van der Waals surface area (Å²) >= 11 is 0. The molecule has 1 aliphatic carbocycles. The predicted molar refractivity (Wildman–Crippen MR) is 250 cm³/mol. The van der Waals surface area contributed by atoms with E-state index in [4.69, 9.17) is 4.42 Å². The van der Waals surface area contributed by atoms with Gasteiger partial charge in [0.1, 0.15) is 11.2 Å². The van der Waals surface area contributed by atoms with Gasteiger partial charge in [0.15, 0.2) is 0 Å². The van der Waals surface area contributed by atoms with Crippen LogP contribution in [0.1, 0.15) is 33.7 Å². The van der Waals surface area contributed by atoms with E-state index in [2.05, 4.69) is 167 Å². The highest BCUT2D eigenvalue weighted by Crippen LogP contribution is 2.53. The molecule has 0 spiro atoms. The Bertz CT molecular complexity index is 3960. The smallest absolute Gasteiger partial charge is 0.143 e. The van der Waals surface area contributed by atoms with E-state index in [0.717, 1.165) is 99.7 Å². The van der Waals surface area contributed by atoms with Crippen LogP contribution >= 0.6 is 0 Å². The molecule has 3 heterocycles. The van der Waals surface area contributed by atoms with Gasteiger partial charge in [0.2, 0.25) is 0 Å². The summed E-state index contributed by atoms with van der Waals surface area (Å²) in [4.78, 5) is 0. The standard InChI is InChI=1S/C57H32N4O/c58-32-34-21-22-43-48(29-34)54-47(24-23-45-42-16-6-9-20-52(42)62-57(45)54)53(43)37-12-10-11-36(30-37)38-27-35(33-59)28-40(31-38)60-50-19-8-5-17-46(50)55-51(60)26-25-44-41-15-4-7-18-49(41)61(56(44)55)39-13-2-1-3-14-39/h1-31,53H. The molecule has 0 bridgehead atoms. The number of benzene rings is 9. The first-order valence-electron chi connectivity index (χ1n) is 20.8. The summed E-state index contributed by atoms with van der Waals surface area (Å²) in [7, 11) is 0. The van der Waals surface area contributed by atoms with Crippen molar-refractivity contribution in [3.63, 3.8) is 0 Å². The van der Waals surface area contributed by atoms with Crippen LogP contribution in [-0.4, -0.2) is 9.13 Å². The number of rotatable bonds is 4. The quantitative estimate of drug-likeness (QED) is 0.178. The van der Waals surface area contributed by atoms with E-state index in [1.807, 2.05) is 42.5 Å². The van der Waals surface area contributed by atoms with Gasteiger partial charge in [-0.1, -0.05) is 121 Å². The molecule has 5 heteroatoms. The minimum atomic E-state index is -0.0833. The van der Waals surface area contributed by atoms with Crippen molar-refractivity contribution >= 4 is 65.6 Å². The Morgan fingerprint density at radius 1 is 0.452 bits per heavy atom.